The largest absolute Gasteiger partial charge is 0.328 e. The first-order valence-corrected chi connectivity index (χ1v) is 7.83. The molecular weight excluding hydrogens is 244 g/mol. The van der Waals surface area contributed by atoms with E-state index in [0.29, 0.717) is 0 Å². The third-order valence-corrected chi connectivity index (χ3v) is 4.36. The number of rotatable bonds is 3. The van der Waals surface area contributed by atoms with Gasteiger partial charge in [-0.25, -0.2) is 0 Å². The minimum absolute atomic E-state index is 0.0798. The van der Waals surface area contributed by atoms with E-state index in [-0.39, 0.29) is 5.41 Å². The van der Waals surface area contributed by atoms with Gasteiger partial charge in [0.2, 0.25) is 0 Å². The molecular formula is C18H29N2+. The van der Waals surface area contributed by atoms with E-state index in [4.69, 9.17) is 0 Å². The molecule has 1 aliphatic rings. The molecule has 0 unspecified atom stereocenters. The maximum absolute atomic E-state index is 9.53. The number of piperidine rings is 1. The molecule has 0 saturated carbocycles. The highest BCUT2D eigenvalue weighted by molar-refractivity contribution is 5.16. The summed E-state index contributed by atoms with van der Waals surface area (Å²) in [6.45, 7) is 6.25. The first kappa shape index (κ1) is 16.7. The van der Waals surface area contributed by atoms with Gasteiger partial charge in [-0.2, -0.15) is 5.26 Å². The average Bonchev–Trinajstić information content (AvgIpc) is 2.50. The van der Waals surface area contributed by atoms with Crippen LogP contribution in [0.25, 0.3) is 0 Å². The summed E-state index contributed by atoms with van der Waals surface area (Å²) in [7, 11) is 4.52. The number of hydrogen-bond donors (Lipinski definition) is 0. The predicted octanol–water partition coefficient (Wildman–Crippen LogP) is 4.03. The fraction of sp³-hybridized carbons (Fsp3) is 0.611. The minimum Gasteiger partial charge on any atom is -0.328 e. The van der Waals surface area contributed by atoms with Crippen molar-refractivity contribution >= 4 is 0 Å². The fourth-order valence-electron chi connectivity index (χ4n) is 2.72. The molecule has 1 aromatic carbocycles. The topological polar surface area (TPSA) is 23.8 Å². The van der Waals surface area contributed by atoms with E-state index in [1.165, 1.54) is 5.56 Å². The van der Waals surface area contributed by atoms with E-state index in [9.17, 15) is 5.26 Å². The summed E-state index contributed by atoms with van der Waals surface area (Å²) < 4.78 is 1.06. The van der Waals surface area contributed by atoms with Crippen molar-refractivity contribution in [3.05, 3.63) is 35.9 Å². The summed E-state index contributed by atoms with van der Waals surface area (Å²) in [6.07, 6.45) is 4.13. The molecule has 2 nitrogen and oxygen atoms in total. The van der Waals surface area contributed by atoms with Crippen LogP contribution in [0.2, 0.25) is 0 Å². The molecule has 0 radical (unpaired) electrons. The quantitative estimate of drug-likeness (QED) is 0.763. The van der Waals surface area contributed by atoms with Gasteiger partial charge in [0.1, 0.15) is 0 Å². The van der Waals surface area contributed by atoms with Crippen LogP contribution >= 0.6 is 0 Å². The van der Waals surface area contributed by atoms with Crippen LogP contribution in [0.5, 0.6) is 0 Å². The molecule has 1 aliphatic heterocycles. The van der Waals surface area contributed by atoms with Gasteiger partial charge in [0.15, 0.2) is 0 Å². The standard InChI is InChI=1S/C16H23N2.C2H6/c1-18(2)12-10-16(14-17,11-13-18)9-8-15-6-4-3-5-7-15;1-2/h3-7H,8-13H2,1-2H3;1-2H3/q+1;. The zero-order valence-corrected chi connectivity index (χ0v) is 13.5. The SMILES string of the molecule is CC.C[N+]1(C)CCC(C#N)(CCc2ccccc2)CC1. The summed E-state index contributed by atoms with van der Waals surface area (Å²) in [5.74, 6) is 0. The number of nitriles is 1. The monoisotopic (exact) mass is 273 g/mol. The van der Waals surface area contributed by atoms with Crippen molar-refractivity contribution in [2.24, 2.45) is 5.41 Å². The maximum atomic E-state index is 9.53. The lowest BCUT2D eigenvalue weighted by Crippen LogP contribution is -2.49. The van der Waals surface area contributed by atoms with Gasteiger partial charge in [0, 0.05) is 12.8 Å². The van der Waals surface area contributed by atoms with Crippen molar-refractivity contribution in [2.45, 2.75) is 39.5 Å². The molecule has 1 aromatic rings. The summed E-state index contributed by atoms with van der Waals surface area (Å²) in [4.78, 5) is 0. The smallest absolute Gasteiger partial charge is 0.0798 e. The van der Waals surface area contributed by atoms with E-state index in [1.807, 2.05) is 19.9 Å². The fourth-order valence-corrected chi connectivity index (χ4v) is 2.72. The Kier molecular flexibility index (Phi) is 6.23. The molecule has 0 aliphatic carbocycles. The van der Waals surface area contributed by atoms with Crippen LogP contribution in [-0.2, 0) is 6.42 Å². The van der Waals surface area contributed by atoms with Crippen molar-refractivity contribution in [1.29, 1.82) is 5.26 Å². The Morgan fingerprint density at radius 3 is 2.15 bits per heavy atom. The van der Waals surface area contributed by atoms with Crippen LogP contribution in [0.3, 0.4) is 0 Å². The van der Waals surface area contributed by atoms with Gasteiger partial charge in [-0.05, 0) is 18.4 Å². The molecule has 2 rings (SSSR count). The van der Waals surface area contributed by atoms with Gasteiger partial charge in [0.25, 0.3) is 0 Å². The van der Waals surface area contributed by atoms with Crippen LogP contribution in [0.4, 0.5) is 0 Å². The Bertz CT molecular complexity index is 418. The zero-order valence-electron chi connectivity index (χ0n) is 13.5. The highest BCUT2D eigenvalue weighted by Gasteiger charge is 2.38. The molecule has 0 aromatic heterocycles. The Labute approximate surface area is 124 Å². The highest BCUT2D eigenvalue weighted by atomic mass is 15.3. The van der Waals surface area contributed by atoms with Gasteiger partial charge in [0.05, 0.1) is 38.7 Å². The van der Waals surface area contributed by atoms with Gasteiger partial charge in [-0.15, -0.1) is 0 Å². The number of quaternary nitrogens is 1. The van der Waals surface area contributed by atoms with E-state index in [0.717, 1.165) is 43.3 Å². The van der Waals surface area contributed by atoms with Gasteiger partial charge < -0.3 is 4.48 Å². The van der Waals surface area contributed by atoms with Gasteiger partial charge in [-0.3, -0.25) is 0 Å². The van der Waals surface area contributed by atoms with Crippen LogP contribution < -0.4 is 0 Å². The molecule has 2 heteroatoms. The highest BCUT2D eigenvalue weighted by Crippen LogP contribution is 2.36. The third-order valence-electron chi connectivity index (χ3n) is 4.36. The third kappa shape index (κ3) is 4.65. The Morgan fingerprint density at radius 1 is 1.10 bits per heavy atom. The summed E-state index contributed by atoms with van der Waals surface area (Å²) in [5, 5.41) is 9.53. The molecule has 1 saturated heterocycles. The predicted molar refractivity (Wildman–Crippen MR) is 85.2 cm³/mol. The first-order chi connectivity index (χ1) is 9.55. The second kappa shape index (κ2) is 7.45. The van der Waals surface area contributed by atoms with Crippen LogP contribution in [0.15, 0.2) is 30.3 Å². The van der Waals surface area contributed by atoms with Crippen molar-refractivity contribution in [2.75, 3.05) is 27.2 Å². The normalized spacial score (nSPS) is 19.4. The summed E-state index contributed by atoms with van der Waals surface area (Å²) in [5.41, 5.74) is 1.27. The van der Waals surface area contributed by atoms with Crippen molar-refractivity contribution < 1.29 is 4.48 Å². The van der Waals surface area contributed by atoms with Gasteiger partial charge in [-0.1, -0.05) is 44.2 Å². The molecule has 20 heavy (non-hydrogen) atoms. The second-order valence-electron chi connectivity index (χ2n) is 6.26. The van der Waals surface area contributed by atoms with Crippen LogP contribution in [-0.4, -0.2) is 31.7 Å². The molecule has 110 valence electrons. The zero-order chi connectivity index (χ0) is 15.1. The van der Waals surface area contributed by atoms with E-state index in [2.05, 4.69) is 44.4 Å². The number of benzene rings is 1. The second-order valence-corrected chi connectivity index (χ2v) is 6.26. The maximum Gasteiger partial charge on any atom is 0.0798 e. The van der Waals surface area contributed by atoms with Crippen LogP contribution in [0, 0.1) is 16.7 Å². The molecule has 0 N–H and O–H groups in total. The number of hydrogen-bond acceptors (Lipinski definition) is 1. The van der Waals surface area contributed by atoms with E-state index >= 15 is 0 Å². The van der Waals surface area contributed by atoms with Crippen LogP contribution in [0.1, 0.15) is 38.7 Å². The lowest BCUT2D eigenvalue weighted by atomic mass is 9.75. The van der Waals surface area contributed by atoms with Crippen molar-refractivity contribution in [1.82, 2.24) is 0 Å². The molecule has 0 spiro atoms. The molecule has 1 fully saturated rings. The summed E-state index contributed by atoms with van der Waals surface area (Å²) >= 11 is 0. The average molecular weight is 273 g/mol. The number of aryl methyl sites for hydroxylation is 1. The van der Waals surface area contributed by atoms with Gasteiger partial charge >= 0.3 is 0 Å². The summed E-state index contributed by atoms with van der Waals surface area (Å²) in [6, 6.07) is 13.1. The lowest BCUT2D eigenvalue weighted by Gasteiger charge is -2.41. The molecule has 1 heterocycles. The number of likely N-dealkylation sites (tertiary alicyclic amines) is 1. The lowest BCUT2D eigenvalue weighted by molar-refractivity contribution is -0.897. The van der Waals surface area contributed by atoms with E-state index in [1.54, 1.807) is 0 Å². The Balaban J connectivity index is 0.000000956. The molecule has 0 amide bonds. The Hall–Kier alpha value is -1.33. The van der Waals surface area contributed by atoms with E-state index < -0.39 is 0 Å². The minimum atomic E-state index is -0.0798. The van der Waals surface area contributed by atoms with Crippen molar-refractivity contribution in [3.8, 4) is 6.07 Å². The van der Waals surface area contributed by atoms with Crippen molar-refractivity contribution in [3.63, 3.8) is 0 Å². The Morgan fingerprint density at radius 2 is 1.65 bits per heavy atom. The molecule has 0 bridgehead atoms. The molecule has 0 atom stereocenters. The first-order valence-electron chi connectivity index (χ1n) is 7.83. The number of nitrogens with zero attached hydrogens (tertiary/aromatic N) is 2.